The Morgan fingerprint density at radius 1 is 1.07 bits per heavy atom. The summed E-state index contributed by atoms with van der Waals surface area (Å²) in [5.41, 5.74) is 2.42. The molecule has 3 aromatic heterocycles. The summed E-state index contributed by atoms with van der Waals surface area (Å²) in [4.78, 5) is 42.9. The number of carbonyl (C=O) groups excluding carboxylic acids is 2. The predicted octanol–water partition coefficient (Wildman–Crippen LogP) is 6.04. The summed E-state index contributed by atoms with van der Waals surface area (Å²) < 4.78 is 42.2. The van der Waals surface area contributed by atoms with Crippen LogP contribution in [0, 0.1) is 12.8 Å². The number of ketones is 1. The smallest absolute Gasteiger partial charge is 0.306 e. The topological polar surface area (TPSA) is 103 Å². The van der Waals surface area contributed by atoms with Crippen LogP contribution < -0.4 is 5.32 Å². The molecule has 6 rings (SSSR count). The van der Waals surface area contributed by atoms with Gasteiger partial charge in [-0.05, 0) is 43.5 Å². The maximum absolute atomic E-state index is 13.6. The van der Waals surface area contributed by atoms with Gasteiger partial charge in [-0.1, -0.05) is 35.6 Å². The number of aryl methyl sites for hydroxylation is 1. The van der Waals surface area contributed by atoms with Gasteiger partial charge in [-0.3, -0.25) is 9.59 Å². The molecule has 40 heavy (non-hydrogen) atoms. The summed E-state index contributed by atoms with van der Waals surface area (Å²) in [6, 6.07) is 10.3. The van der Waals surface area contributed by atoms with Gasteiger partial charge in [0.2, 0.25) is 5.91 Å². The summed E-state index contributed by atoms with van der Waals surface area (Å²) in [6.45, 7) is 1.74. The van der Waals surface area contributed by atoms with Crippen molar-refractivity contribution in [1.29, 1.82) is 0 Å². The van der Waals surface area contributed by atoms with Crippen LogP contribution in [0.1, 0.15) is 40.0 Å². The molecule has 1 aliphatic carbocycles. The van der Waals surface area contributed by atoms with Gasteiger partial charge in [-0.15, -0.1) is 0 Å². The van der Waals surface area contributed by atoms with Gasteiger partial charge >= 0.3 is 6.18 Å². The average Bonchev–Trinajstić information content (AvgIpc) is 3.57. The van der Waals surface area contributed by atoms with Crippen molar-refractivity contribution in [2.45, 2.75) is 32.4 Å². The van der Waals surface area contributed by atoms with Crippen molar-refractivity contribution in [1.82, 2.24) is 24.5 Å². The Morgan fingerprint density at radius 3 is 2.52 bits per heavy atom. The summed E-state index contributed by atoms with van der Waals surface area (Å²) >= 11 is 1.24. The minimum atomic E-state index is -4.56. The van der Waals surface area contributed by atoms with Crippen LogP contribution in [-0.4, -0.2) is 36.2 Å². The molecule has 8 nitrogen and oxygen atoms in total. The van der Waals surface area contributed by atoms with Crippen molar-refractivity contribution in [3.8, 4) is 16.9 Å². The van der Waals surface area contributed by atoms with Crippen LogP contribution in [0.25, 0.3) is 27.4 Å². The lowest BCUT2D eigenvalue weighted by atomic mass is 9.99. The largest absolute Gasteiger partial charge is 0.416 e. The fraction of sp³-hybridized carbons (Fsp3) is 0.214. The molecule has 1 N–H and O–H groups in total. The monoisotopic (exact) mass is 562 g/mol. The van der Waals surface area contributed by atoms with Gasteiger partial charge in [0.05, 0.1) is 29.5 Å². The van der Waals surface area contributed by atoms with Crippen LogP contribution in [0.4, 0.5) is 18.3 Å². The number of carbonyl (C=O) groups is 2. The van der Waals surface area contributed by atoms with Crippen LogP contribution in [0.15, 0.2) is 61.2 Å². The molecule has 3 heterocycles. The second-order valence-corrected chi connectivity index (χ2v) is 10.6. The van der Waals surface area contributed by atoms with Crippen LogP contribution in [0.5, 0.6) is 0 Å². The maximum atomic E-state index is 13.6. The predicted molar refractivity (Wildman–Crippen MR) is 143 cm³/mol. The van der Waals surface area contributed by atoms with E-state index >= 15 is 0 Å². The number of rotatable bonds is 7. The highest BCUT2D eigenvalue weighted by Crippen LogP contribution is 2.33. The Bertz CT molecular complexity index is 1760. The van der Waals surface area contributed by atoms with Crippen molar-refractivity contribution in [2.75, 3.05) is 5.32 Å². The zero-order valence-corrected chi connectivity index (χ0v) is 21.9. The number of Topliss-reactive ketones (excluding diaryl/α,β-unsaturated/α-hetero) is 1. The zero-order valence-electron chi connectivity index (χ0n) is 21.1. The number of alkyl halides is 3. The molecule has 12 heteroatoms. The number of hydrogen-bond donors (Lipinski definition) is 1. The quantitative estimate of drug-likeness (QED) is 0.243. The van der Waals surface area contributed by atoms with Gasteiger partial charge in [0.15, 0.2) is 21.4 Å². The molecule has 2 aromatic carbocycles. The lowest BCUT2D eigenvalue weighted by Crippen LogP contribution is -2.12. The van der Waals surface area contributed by atoms with Crippen molar-refractivity contribution in [2.24, 2.45) is 5.92 Å². The molecular formula is C28H21F3N6O2S. The number of fused-ring (bicyclic) bond motifs is 1. The third kappa shape index (κ3) is 5.48. The van der Waals surface area contributed by atoms with Gasteiger partial charge in [-0.25, -0.2) is 15.0 Å². The van der Waals surface area contributed by atoms with Gasteiger partial charge in [0.1, 0.15) is 0 Å². The average molecular weight is 563 g/mol. The number of aromatic nitrogens is 5. The maximum Gasteiger partial charge on any atom is 0.416 e. The molecule has 202 valence electrons. The molecule has 1 amide bonds. The molecule has 1 aliphatic rings. The van der Waals surface area contributed by atoms with Gasteiger partial charge in [0.25, 0.3) is 0 Å². The molecule has 1 saturated carbocycles. The first-order chi connectivity index (χ1) is 19.1. The third-order valence-corrected chi connectivity index (χ3v) is 7.34. The first-order valence-corrected chi connectivity index (χ1v) is 13.2. The van der Waals surface area contributed by atoms with Crippen LogP contribution in [-0.2, 0) is 17.4 Å². The molecule has 5 aromatic rings. The summed E-state index contributed by atoms with van der Waals surface area (Å²) in [5.74, 6) is -0.308. The molecule has 1 fully saturated rings. The van der Waals surface area contributed by atoms with E-state index in [9.17, 15) is 22.8 Å². The number of halogens is 3. The van der Waals surface area contributed by atoms with Crippen LogP contribution >= 0.6 is 11.3 Å². The molecular weight excluding hydrogens is 541 g/mol. The van der Waals surface area contributed by atoms with E-state index in [1.54, 1.807) is 49.6 Å². The number of nitrogens with one attached hydrogen (secondary N) is 1. The number of thiazole rings is 1. The molecule has 0 bridgehead atoms. The highest BCUT2D eigenvalue weighted by atomic mass is 32.1. The number of benzene rings is 2. The number of amides is 1. The fourth-order valence-electron chi connectivity index (χ4n) is 4.23. The van der Waals surface area contributed by atoms with Crippen LogP contribution in [0.3, 0.4) is 0 Å². The Kier molecular flexibility index (Phi) is 6.41. The lowest BCUT2D eigenvalue weighted by Gasteiger charge is -2.13. The minimum absolute atomic E-state index is 0.0438. The highest BCUT2D eigenvalue weighted by molar-refractivity contribution is 7.21. The Morgan fingerprint density at radius 2 is 1.85 bits per heavy atom. The molecule has 0 radical (unpaired) electrons. The van der Waals surface area contributed by atoms with E-state index in [0.717, 1.165) is 25.0 Å². The Labute approximate surface area is 230 Å². The number of anilines is 1. The van der Waals surface area contributed by atoms with Crippen molar-refractivity contribution < 1.29 is 22.8 Å². The Balaban J connectivity index is 1.20. The number of nitrogens with zero attached hydrogens (tertiary/aromatic N) is 5. The molecule has 0 aliphatic heterocycles. The van der Waals surface area contributed by atoms with E-state index in [4.69, 9.17) is 0 Å². The summed E-state index contributed by atoms with van der Waals surface area (Å²) in [5, 5.41) is 3.25. The molecule has 0 atom stereocenters. The third-order valence-electron chi connectivity index (χ3n) is 6.48. The van der Waals surface area contributed by atoms with Gasteiger partial charge < -0.3 is 9.88 Å². The van der Waals surface area contributed by atoms with Crippen molar-refractivity contribution in [3.05, 3.63) is 83.6 Å². The van der Waals surface area contributed by atoms with Crippen LogP contribution in [0.2, 0.25) is 0 Å². The van der Waals surface area contributed by atoms with Crippen molar-refractivity contribution in [3.63, 3.8) is 0 Å². The van der Waals surface area contributed by atoms with Crippen molar-refractivity contribution >= 4 is 38.6 Å². The normalized spacial score (nSPS) is 13.5. The van der Waals surface area contributed by atoms with E-state index in [-0.39, 0.29) is 35.3 Å². The zero-order chi connectivity index (χ0) is 28.0. The number of imidazole rings is 1. The van der Waals surface area contributed by atoms with E-state index < -0.39 is 11.7 Å². The van der Waals surface area contributed by atoms with E-state index in [0.29, 0.717) is 38.1 Å². The summed E-state index contributed by atoms with van der Waals surface area (Å²) in [6.07, 6.45) is 1.64. The molecule has 0 spiro atoms. The first-order valence-electron chi connectivity index (χ1n) is 12.4. The summed E-state index contributed by atoms with van der Waals surface area (Å²) in [7, 11) is 0. The van der Waals surface area contributed by atoms with Gasteiger partial charge in [-0.2, -0.15) is 18.2 Å². The molecule has 0 unspecified atom stereocenters. The fourth-order valence-corrected chi connectivity index (χ4v) is 5.03. The standard InChI is InChI=1S/C28H21F3N6O2S/c1-15-13-37(14-33-15)21-9-16(8-20(11-21)28(29,30)31)10-23(38)18-4-2-17(3-5-18)22-12-32-24-26(34-22)40-27(35-24)36-25(39)19-6-7-19/h2-5,8-9,11-14,19H,6-7,10H2,1H3,(H,32,35,36,39). The van der Waals surface area contributed by atoms with E-state index in [2.05, 4.69) is 25.3 Å². The van der Waals surface area contributed by atoms with Gasteiger partial charge in [0, 0.05) is 35.3 Å². The second-order valence-electron chi connectivity index (χ2n) is 9.65. The minimum Gasteiger partial charge on any atom is -0.306 e. The molecule has 0 saturated heterocycles. The first kappa shape index (κ1) is 25.8. The lowest BCUT2D eigenvalue weighted by molar-refractivity contribution is -0.137. The second kappa shape index (κ2) is 9.94. The highest BCUT2D eigenvalue weighted by Gasteiger charge is 2.32. The van der Waals surface area contributed by atoms with E-state index in [1.165, 1.54) is 22.2 Å². The SMILES string of the molecule is Cc1cn(-c2cc(CC(=O)c3ccc(-c4cnc5nc(NC(=O)C6CC6)sc5n4)cc3)cc(C(F)(F)F)c2)cn1. The Hall–Kier alpha value is -4.45. The number of hydrogen-bond acceptors (Lipinski definition) is 7. The van der Waals surface area contributed by atoms with E-state index in [1.807, 2.05) is 0 Å².